The van der Waals surface area contributed by atoms with E-state index in [1.807, 2.05) is 36.4 Å². The predicted molar refractivity (Wildman–Crippen MR) is 161 cm³/mol. The Hall–Kier alpha value is -4.24. The number of hydrogen-bond donors (Lipinski definition) is 1. The number of carbonyl (C=O) groups excluding carboxylic acids is 1. The van der Waals surface area contributed by atoms with E-state index in [1.165, 1.54) is 18.6 Å². The maximum absolute atomic E-state index is 14.5. The van der Waals surface area contributed by atoms with E-state index in [9.17, 15) is 9.18 Å². The van der Waals surface area contributed by atoms with Crippen molar-refractivity contribution in [1.29, 1.82) is 0 Å². The summed E-state index contributed by atoms with van der Waals surface area (Å²) in [7, 11) is 4.19. The summed E-state index contributed by atoms with van der Waals surface area (Å²) in [4.78, 5) is 29.0. The van der Waals surface area contributed by atoms with Crippen molar-refractivity contribution in [3.05, 3.63) is 78.2 Å². The minimum absolute atomic E-state index is 0.293. The average molecular weight is 555 g/mol. The topological polar surface area (TPSA) is 73.8 Å². The SMILES string of the molecule is CN(C)[C@@H]1CCN(c2nccc(Oc3ccc(NC(=O)c4cc(F)cc(N5CCCCC5)c4)c4ccccc34)n2)C1. The van der Waals surface area contributed by atoms with Crippen molar-refractivity contribution in [2.45, 2.75) is 31.7 Å². The molecule has 2 aliphatic heterocycles. The summed E-state index contributed by atoms with van der Waals surface area (Å²) in [5, 5.41) is 4.63. The van der Waals surface area contributed by atoms with Gasteiger partial charge in [-0.05, 0) is 70.1 Å². The van der Waals surface area contributed by atoms with Crippen LogP contribution in [0.2, 0.25) is 0 Å². The van der Waals surface area contributed by atoms with Crippen molar-refractivity contribution < 1.29 is 13.9 Å². The number of piperidine rings is 1. The number of nitrogens with zero attached hydrogens (tertiary/aromatic N) is 5. The molecule has 41 heavy (non-hydrogen) atoms. The molecule has 4 aromatic rings. The zero-order valence-corrected chi connectivity index (χ0v) is 23.5. The zero-order valence-electron chi connectivity index (χ0n) is 23.5. The van der Waals surface area contributed by atoms with E-state index in [-0.39, 0.29) is 5.91 Å². The van der Waals surface area contributed by atoms with Crippen LogP contribution in [-0.2, 0) is 0 Å². The summed E-state index contributed by atoms with van der Waals surface area (Å²) in [5.74, 6) is 0.953. The quantitative estimate of drug-likeness (QED) is 0.303. The lowest BCUT2D eigenvalue weighted by Crippen LogP contribution is -2.32. The third-order valence-corrected chi connectivity index (χ3v) is 8.01. The van der Waals surface area contributed by atoms with Gasteiger partial charge >= 0.3 is 0 Å². The molecule has 0 unspecified atom stereocenters. The summed E-state index contributed by atoms with van der Waals surface area (Å²) in [6.07, 6.45) is 6.11. The first kappa shape index (κ1) is 27.0. The lowest BCUT2D eigenvalue weighted by atomic mass is 10.1. The molecule has 0 bridgehead atoms. The molecule has 0 aliphatic carbocycles. The molecule has 0 saturated carbocycles. The first-order valence-electron chi connectivity index (χ1n) is 14.3. The maximum atomic E-state index is 14.5. The first-order valence-corrected chi connectivity index (χ1v) is 14.3. The standard InChI is InChI=1S/C32H35FN6O2/c1-37(2)24-13-17-39(21-24)32-34-14-12-30(36-32)41-29-11-10-28(26-8-4-5-9-27(26)29)35-31(40)22-18-23(33)20-25(19-22)38-15-6-3-7-16-38/h4-5,8-12,14,18-20,24H,3,6-7,13,15-17,21H2,1-2H3,(H,35,40)/t24-/m1/s1. The van der Waals surface area contributed by atoms with E-state index < -0.39 is 5.82 Å². The third kappa shape index (κ3) is 5.95. The van der Waals surface area contributed by atoms with Crippen LogP contribution in [0.25, 0.3) is 10.8 Å². The van der Waals surface area contributed by atoms with Gasteiger partial charge < -0.3 is 24.8 Å². The Morgan fingerprint density at radius 3 is 2.56 bits per heavy atom. The highest BCUT2D eigenvalue weighted by molar-refractivity contribution is 6.10. The highest BCUT2D eigenvalue weighted by atomic mass is 19.1. The molecule has 9 heteroatoms. The second-order valence-corrected chi connectivity index (χ2v) is 11.0. The van der Waals surface area contributed by atoms with Crippen LogP contribution in [0.5, 0.6) is 11.6 Å². The van der Waals surface area contributed by atoms with Crippen molar-refractivity contribution in [1.82, 2.24) is 14.9 Å². The largest absolute Gasteiger partial charge is 0.438 e. The Balaban J connectivity index is 1.22. The number of aromatic nitrogens is 2. The van der Waals surface area contributed by atoms with E-state index in [0.29, 0.717) is 34.9 Å². The molecule has 2 fully saturated rings. The summed E-state index contributed by atoms with van der Waals surface area (Å²) in [6.45, 7) is 3.52. The van der Waals surface area contributed by atoms with Crippen molar-refractivity contribution in [2.75, 3.05) is 55.4 Å². The van der Waals surface area contributed by atoms with E-state index in [0.717, 1.165) is 61.9 Å². The van der Waals surface area contributed by atoms with Crippen molar-refractivity contribution in [2.24, 2.45) is 0 Å². The number of carbonyl (C=O) groups is 1. The molecule has 6 rings (SSSR count). The van der Waals surface area contributed by atoms with Gasteiger partial charge in [0.15, 0.2) is 0 Å². The minimum Gasteiger partial charge on any atom is -0.438 e. The highest BCUT2D eigenvalue weighted by Crippen LogP contribution is 2.35. The molecule has 2 aliphatic rings. The molecular formula is C32H35FN6O2. The number of fused-ring (bicyclic) bond motifs is 1. The van der Waals surface area contributed by atoms with Gasteiger partial charge in [-0.25, -0.2) is 9.37 Å². The average Bonchev–Trinajstić information content (AvgIpc) is 3.50. The van der Waals surface area contributed by atoms with Gasteiger partial charge in [0.2, 0.25) is 11.8 Å². The predicted octanol–water partition coefficient (Wildman–Crippen LogP) is 5.94. The number of halogens is 1. The van der Waals surface area contributed by atoms with Gasteiger partial charge in [-0.15, -0.1) is 0 Å². The maximum Gasteiger partial charge on any atom is 0.255 e. The Morgan fingerprint density at radius 2 is 1.78 bits per heavy atom. The van der Waals surface area contributed by atoms with Crippen LogP contribution in [0.1, 0.15) is 36.0 Å². The normalized spacial score (nSPS) is 17.3. The highest BCUT2D eigenvalue weighted by Gasteiger charge is 2.26. The fourth-order valence-corrected chi connectivity index (χ4v) is 5.70. The Labute approximate surface area is 239 Å². The van der Waals surface area contributed by atoms with E-state index >= 15 is 0 Å². The number of hydrogen-bond acceptors (Lipinski definition) is 7. The van der Waals surface area contributed by atoms with Gasteiger partial charge in [-0.2, -0.15) is 4.98 Å². The Bertz CT molecular complexity index is 1550. The van der Waals surface area contributed by atoms with Gasteiger partial charge in [0.25, 0.3) is 5.91 Å². The second kappa shape index (κ2) is 11.7. The fraction of sp³-hybridized carbons (Fsp3) is 0.344. The molecule has 3 aromatic carbocycles. The lowest BCUT2D eigenvalue weighted by Gasteiger charge is -2.29. The van der Waals surface area contributed by atoms with Crippen LogP contribution < -0.4 is 19.9 Å². The van der Waals surface area contributed by atoms with Gasteiger partial charge in [0, 0.05) is 72.2 Å². The van der Waals surface area contributed by atoms with Crippen molar-refractivity contribution in [3.8, 4) is 11.6 Å². The Morgan fingerprint density at radius 1 is 0.976 bits per heavy atom. The summed E-state index contributed by atoms with van der Waals surface area (Å²) in [5.41, 5.74) is 1.66. The minimum atomic E-state index is -0.415. The summed E-state index contributed by atoms with van der Waals surface area (Å²) >= 11 is 0. The molecule has 1 amide bonds. The molecule has 2 saturated heterocycles. The molecule has 0 spiro atoms. The van der Waals surface area contributed by atoms with Crippen LogP contribution in [0, 0.1) is 5.82 Å². The first-order chi connectivity index (χ1) is 19.9. The second-order valence-electron chi connectivity index (χ2n) is 11.0. The zero-order chi connectivity index (χ0) is 28.3. The number of ether oxygens (including phenoxy) is 1. The van der Waals surface area contributed by atoms with Gasteiger partial charge in [-0.1, -0.05) is 24.3 Å². The van der Waals surface area contributed by atoms with Gasteiger partial charge in [-0.3, -0.25) is 4.79 Å². The smallest absolute Gasteiger partial charge is 0.255 e. The summed E-state index contributed by atoms with van der Waals surface area (Å²) < 4.78 is 20.8. The molecule has 212 valence electrons. The molecule has 1 atom stereocenters. The summed E-state index contributed by atoms with van der Waals surface area (Å²) in [6, 6.07) is 18.1. The van der Waals surface area contributed by atoms with Crippen LogP contribution in [0.3, 0.4) is 0 Å². The Kier molecular flexibility index (Phi) is 7.69. The lowest BCUT2D eigenvalue weighted by molar-refractivity contribution is 0.102. The number of benzene rings is 3. The number of anilines is 3. The van der Waals surface area contributed by atoms with E-state index in [1.54, 1.807) is 18.3 Å². The monoisotopic (exact) mass is 554 g/mol. The number of rotatable bonds is 7. The van der Waals surface area contributed by atoms with Gasteiger partial charge in [0.1, 0.15) is 11.6 Å². The van der Waals surface area contributed by atoms with Crippen LogP contribution in [0.15, 0.2) is 66.9 Å². The molecule has 1 N–H and O–H groups in total. The molecule has 8 nitrogen and oxygen atoms in total. The van der Waals surface area contributed by atoms with Gasteiger partial charge in [0.05, 0.1) is 0 Å². The van der Waals surface area contributed by atoms with Crippen molar-refractivity contribution in [3.63, 3.8) is 0 Å². The third-order valence-electron chi connectivity index (χ3n) is 8.01. The molecule has 0 radical (unpaired) electrons. The van der Waals surface area contributed by atoms with Crippen LogP contribution in [-0.4, -0.2) is 67.1 Å². The van der Waals surface area contributed by atoms with Crippen molar-refractivity contribution >= 4 is 34.0 Å². The van der Waals surface area contributed by atoms with Crippen LogP contribution >= 0.6 is 0 Å². The van der Waals surface area contributed by atoms with E-state index in [2.05, 4.69) is 44.1 Å². The number of nitrogens with one attached hydrogen (secondary N) is 1. The number of amides is 1. The van der Waals surface area contributed by atoms with Crippen LogP contribution in [0.4, 0.5) is 21.7 Å². The number of likely N-dealkylation sites (N-methyl/N-ethyl adjacent to an activating group) is 1. The molecule has 3 heterocycles. The molecule has 1 aromatic heterocycles. The fourth-order valence-electron chi connectivity index (χ4n) is 5.70. The van der Waals surface area contributed by atoms with E-state index in [4.69, 9.17) is 4.74 Å². The molecular weight excluding hydrogens is 519 g/mol.